The Kier molecular flexibility index (Phi) is 4.06. The molecule has 0 saturated carbocycles. The highest BCUT2D eigenvalue weighted by atomic mass is 32.2. The summed E-state index contributed by atoms with van der Waals surface area (Å²) in [6, 6.07) is 8.44. The third-order valence-electron chi connectivity index (χ3n) is 3.16. The first-order chi connectivity index (χ1) is 9.40. The molecule has 0 bridgehead atoms. The monoisotopic (exact) mass is 291 g/mol. The van der Waals surface area contributed by atoms with Gasteiger partial charge in [0.1, 0.15) is 0 Å². The number of rotatable bonds is 4. The summed E-state index contributed by atoms with van der Waals surface area (Å²) in [6.45, 7) is 3.85. The number of hydrogen-bond acceptors (Lipinski definition) is 4. The molecule has 1 heterocycles. The van der Waals surface area contributed by atoms with Crippen molar-refractivity contribution in [1.29, 1.82) is 0 Å². The van der Waals surface area contributed by atoms with Crippen molar-refractivity contribution in [3.05, 3.63) is 53.3 Å². The zero-order valence-electron chi connectivity index (χ0n) is 11.4. The van der Waals surface area contributed by atoms with E-state index < -0.39 is 10.0 Å². The van der Waals surface area contributed by atoms with E-state index in [0.717, 1.165) is 11.1 Å². The van der Waals surface area contributed by atoms with E-state index in [1.165, 1.54) is 6.07 Å². The third-order valence-corrected chi connectivity index (χ3v) is 4.54. The predicted molar refractivity (Wildman–Crippen MR) is 78.6 cm³/mol. The van der Waals surface area contributed by atoms with Crippen molar-refractivity contribution < 1.29 is 8.42 Å². The average molecular weight is 291 g/mol. The van der Waals surface area contributed by atoms with Crippen molar-refractivity contribution in [1.82, 2.24) is 9.71 Å². The van der Waals surface area contributed by atoms with Crippen molar-refractivity contribution in [2.75, 3.05) is 5.73 Å². The molecule has 106 valence electrons. The molecule has 0 amide bonds. The van der Waals surface area contributed by atoms with Crippen molar-refractivity contribution >= 4 is 15.7 Å². The minimum Gasteiger partial charge on any atom is -0.398 e. The highest BCUT2D eigenvalue weighted by Crippen LogP contribution is 2.21. The summed E-state index contributed by atoms with van der Waals surface area (Å²) in [6.07, 6.45) is 1.62. The Balaban J connectivity index is 2.23. The van der Waals surface area contributed by atoms with Crippen molar-refractivity contribution in [3.63, 3.8) is 0 Å². The summed E-state index contributed by atoms with van der Waals surface area (Å²) in [7, 11) is -3.59. The van der Waals surface area contributed by atoms with Gasteiger partial charge in [-0.05, 0) is 49.2 Å². The van der Waals surface area contributed by atoms with Crippen LogP contribution >= 0.6 is 0 Å². The number of nitrogens with two attached hydrogens (primary N) is 1. The van der Waals surface area contributed by atoms with Gasteiger partial charge in [0.25, 0.3) is 0 Å². The van der Waals surface area contributed by atoms with Gasteiger partial charge in [0.15, 0.2) is 0 Å². The second-order valence-corrected chi connectivity index (χ2v) is 6.37. The minimum atomic E-state index is -3.59. The van der Waals surface area contributed by atoms with E-state index in [2.05, 4.69) is 9.71 Å². The number of pyridine rings is 1. The fourth-order valence-corrected chi connectivity index (χ4v) is 2.88. The number of anilines is 1. The van der Waals surface area contributed by atoms with Gasteiger partial charge in [0, 0.05) is 11.9 Å². The Morgan fingerprint density at radius 2 is 2.00 bits per heavy atom. The molecule has 2 aromatic rings. The second-order valence-electron chi connectivity index (χ2n) is 4.60. The fraction of sp³-hybridized carbons (Fsp3) is 0.214. The quantitative estimate of drug-likeness (QED) is 0.841. The SMILES string of the molecule is Cc1cc(S(=O)(=O)NCc2ccccn2)cc(N)c1C. The number of aryl methyl sites for hydroxylation is 1. The standard InChI is InChI=1S/C14H17N3O2S/c1-10-7-13(8-14(15)11(10)2)20(18,19)17-9-12-5-3-4-6-16-12/h3-8,17H,9,15H2,1-2H3. The maximum absolute atomic E-state index is 12.2. The molecule has 6 heteroatoms. The van der Waals surface area contributed by atoms with Gasteiger partial charge in [-0.1, -0.05) is 6.07 Å². The second kappa shape index (κ2) is 5.60. The van der Waals surface area contributed by atoms with Crippen LogP contribution in [0.4, 0.5) is 5.69 Å². The van der Waals surface area contributed by atoms with Crippen LogP contribution in [0.3, 0.4) is 0 Å². The van der Waals surface area contributed by atoms with Gasteiger partial charge >= 0.3 is 0 Å². The van der Waals surface area contributed by atoms with Crippen LogP contribution in [0.5, 0.6) is 0 Å². The molecule has 0 spiro atoms. The molecule has 0 aliphatic heterocycles. The summed E-state index contributed by atoms with van der Waals surface area (Å²) >= 11 is 0. The molecule has 1 aromatic carbocycles. The summed E-state index contributed by atoms with van der Waals surface area (Å²) in [5.41, 5.74) is 8.70. The normalized spacial score (nSPS) is 11.5. The molecule has 5 nitrogen and oxygen atoms in total. The van der Waals surface area contributed by atoms with Crippen LogP contribution in [0.15, 0.2) is 41.4 Å². The van der Waals surface area contributed by atoms with Crippen LogP contribution in [0.25, 0.3) is 0 Å². The number of aromatic nitrogens is 1. The van der Waals surface area contributed by atoms with Gasteiger partial charge < -0.3 is 5.73 Å². The molecular weight excluding hydrogens is 274 g/mol. The number of benzene rings is 1. The number of nitrogen functional groups attached to an aromatic ring is 1. The molecule has 0 radical (unpaired) electrons. The largest absolute Gasteiger partial charge is 0.398 e. The lowest BCUT2D eigenvalue weighted by Gasteiger charge is -2.10. The Labute approximate surface area is 118 Å². The molecule has 3 N–H and O–H groups in total. The highest BCUT2D eigenvalue weighted by Gasteiger charge is 2.16. The molecule has 20 heavy (non-hydrogen) atoms. The van der Waals surface area contributed by atoms with Crippen LogP contribution in [0, 0.1) is 13.8 Å². The van der Waals surface area contributed by atoms with E-state index in [4.69, 9.17) is 5.73 Å². The average Bonchev–Trinajstić information content (AvgIpc) is 2.43. The van der Waals surface area contributed by atoms with Crippen LogP contribution in [-0.2, 0) is 16.6 Å². The van der Waals surface area contributed by atoms with Gasteiger partial charge in [-0.3, -0.25) is 4.98 Å². The fourth-order valence-electron chi connectivity index (χ4n) is 1.76. The maximum atomic E-state index is 12.2. The molecule has 0 aliphatic rings. The first-order valence-corrected chi connectivity index (χ1v) is 7.65. The summed E-state index contributed by atoms with van der Waals surface area (Å²) in [5, 5.41) is 0. The first-order valence-electron chi connectivity index (χ1n) is 6.16. The third kappa shape index (κ3) is 3.15. The van der Waals surface area contributed by atoms with Crippen LogP contribution in [0.1, 0.15) is 16.8 Å². The lowest BCUT2D eigenvalue weighted by molar-refractivity contribution is 0.580. The summed E-state index contributed by atoms with van der Waals surface area (Å²) in [4.78, 5) is 4.25. The lowest BCUT2D eigenvalue weighted by Crippen LogP contribution is -2.24. The molecule has 0 atom stereocenters. The molecule has 1 aromatic heterocycles. The Hall–Kier alpha value is -1.92. The first kappa shape index (κ1) is 14.5. The van der Waals surface area contributed by atoms with E-state index in [1.807, 2.05) is 19.9 Å². The van der Waals surface area contributed by atoms with E-state index in [9.17, 15) is 8.42 Å². The zero-order valence-corrected chi connectivity index (χ0v) is 12.2. The van der Waals surface area contributed by atoms with Crippen molar-refractivity contribution in [2.45, 2.75) is 25.3 Å². The van der Waals surface area contributed by atoms with Gasteiger partial charge in [-0.2, -0.15) is 0 Å². The molecule has 0 unspecified atom stereocenters. The van der Waals surface area contributed by atoms with Crippen LogP contribution < -0.4 is 10.5 Å². The maximum Gasteiger partial charge on any atom is 0.241 e. The topological polar surface area (TPSA) is 85.1 Å². The van der Waals surface area contributed by atoms with Gasteiger partial charge in [-0.25, -0.2) is 13.1 Å². The van der Waals surface area contributed by atoms with Crippen LogP contribution in [0.2, 0.25) is 0 Å². The van der Waals surface area contributed by atoms with Crippen molar-refractivity contribution in [3.8, 4) is 0 Å². The van der Waals surface area contributed by atoms with Gasteiger partial charge in [-0.15, -0.1) is 0 Å². The van der Waals surface area contributed by atoms with Gasteiger partial charge in [0.2, 0.25) is 10.0 Å². The number of nitrogens with one attached hydrogen (secondary N) is 1. The van der Waals surface area contributed by atoms with Crippen LogP contribution in [-0.4, -0.2) is 13.4 Å². The Morgan fingerprint density at radius 3 is 2.60 bits per heavy atom. The molecule has 0 aliphatic carbocycles. The van der Waals surface area contributed by atoms with Gasteiger partial charge in [0.05, 0.1) is 17.1 Å². The summed E-state index contributed by atoms with van der Waals surface area (Å²) in [5.74, 6) is 0. The highest BCUT2D eigenvalue weighted by molar-refractivity contribution is 7.89. The van der Waals surface area contributed by atoms with E-state index in [-0.39, 0.29) is 11.4 Å². The minimum absolute atomic E-state index is 0.149. The summed E-state index contributed by atoms with van der Waals surface area (Å²) < 4.78 is 27.0. The van der Waals surface area contributed by atoms with E-state index in [1.54, 1.807) is 24.4 Å². The molecule has 0 saturated heterocycles. The number of hydrogen-bond donors (Lipinski definition) is 2. The molecular formula is C14H17N3O2S. The number of nitrogens with zero attached hydrogens (tertiary/aromatic N) is 1. The van der Waals surface area contributed by atoms with E-state index in [0.29, 0.717) is 11.4 Å². The Bertz CT molecular complexity index is 689. The molecule has 2 rings (SSSR count). The zero-order chi connectivity index (χ0) is 14.8. The lowest BCUT2D eigenvalue weighted by atomic mass is 10.1. The molecule has 0 fully saturated rings. The van der Waals surface area contributed by atoms with Crippen molar-refractivity contribution in [2.24, 2.45) is 0 Å². The number of sulfonamides is 1. The Morgan fingerprint density at radius 1 is 1.25 bits per heavy atom. The predicted octanol–water partition coefficient (Wildman–Crippen LogP) is 1.76. The smallest absolute Gasteiger partial charge is 0.241 e. The van der Waals surface area contributed by atoms with E-state index >= 15 is 0 Å².